The van der Waals surface area contributed by atoms with Gasteiger partial charge in [0.2, 0.25) is 0 Å². The fourth-order valence-electron chi connectivity index (χ4n) is 1.74. The van der Waals surface area contributed by atoms with Gasteiger partial charge in [-0.05, 0) is 12.5 Å². The average molecular weight is 222 g/mol. The molecule has 3 N–H and O–H groups in total. The van der Waals surface area contributed by atoms with Gasteiger partial charge in [-0.15, -0.1) is 0 Å². The molecule has 86 valence electrons. The van der Waals surface area contributed by atoms with Crippen LogP contribution >= 0.6 is 0 Å². The molecular weight excluding hydrogens is 208 g/mol. The Morgan fingerprint density at radius 1 is 1.56 bits per heavy atom. The molecule has 1 fully saturated rings. The first-order valence-corrected chi connectivity index (χ1v) is 5.18. The van der Waals surface area contributed by atoms with Crippen LogP contribution in [0.5, 0.6) is 0 Å². The number of nitrogens with one attached hydrogen (secondary N) is 2. The molecule has 0 aromatic carbocycles. The average Bonchev–Trinajstić information content (AvgIpc) is 2.65. The summed E-state index contributed by atoms with van der Waals surface area (Å²) in [5.74, 6) is 0.118. The molecule has 1 aromatic rings. The van der Waals surface area contributed by atoms with Crippen molar-refractivity contribution in [1.29, 1.82) is 0 Å². The molecule has 6 nitrogen and oxygen atoms in total. The molecule has 1 aliphatic heterocycles. The minimum atomic E-state index is -0.867. The molecule has 1 aliphatic rings. The Hall–Kier alpha value is -1.53. The van der Waals surface area contributed by atoms with Crippen molar-refractivity contribution in [3.05, 3.63) is 23.8 Å². The molecule has 0 bridgehead atoms. The van der Waals surface area contributed by atoms with Gasteiger partial charge >= 0.3 is 5.97 Å². The molecule has 2 heterocycles. The van der Waals surface area contributed by atoms with Crippen molar-refractivity contribution >= 4 is 5.97 Å². The van der Waals surface area contributed by atoms with E-state index in [0.29, 0.717) is 5.56 Å². The van der Waals surface area contributed by atoms with Crippen molar-refractivity contribution in [2.45, 2.75) is 25.3 Å². The number of hydrazine groups is 1. The zero-order valence-corrected chi connectivity index (χ0v) is 8.97. The molecular formula is C10H14N4O2. The lowest BCUT2D eigenvalue weighted by Crippen LogP contribution is -2.28. The van der Waals surface area contributed by atoms with Crippen LogP contribution in [0.1, 0.15) is 24.2 Å². The number of aliphatic carboxylic acids is 1. The van der Waals surface area contributed by atoms with Gasteiger partial charge in [-0.25, -0.2) is 9.97 Å². The standard InChI is InChI=1S/C10H14N4O2/c1-6-8(5-13-14-6)10-11-3-7(4-12-10)2-9(15)16/h3-4,6,8,13-14H,2,5H2,1H3,(H,15,16). The summed E-state index contributed by atoms with van der Waals surface area (Å²) in [6.45, 7) is 2.85. The minimum absolute atomic E-state index is 0.0308. The number of carbonyl (C=O) groups is 1. The third-order valence-electron chi connectivity index (χ3n) is 2.67. The van der Waals surface area contributed by atoms with Gasteiger partial charge in [-0.2, -0.15) is 0 Å². The molecule has 2 atom stereocenters. The van der Waals surface area contributed by atoms with Crippen LogP contribution < -0.4 is 10.9 Å². The van der Waals surface area contributed by atoms with E-state index in [1.54, 1.807) is 12.4 Å². The maximum Gasteiger partial charge on any atom is 0.307 e. The third kappa shape index (κ3) is 2.34. The summed E-state index contributed by atoms with van der Waals surface area (Å²) in [4.78, 5) is 18.9. The first-order chi connectivity index (χ1) is 7.66. The molecule has 1 saturated heterocycles. The van der Waals surface area contributed by atoms with E-state index in [4.69, 9.17) is 5.11 Å². The lowest BCUT2D eigenvalue weighted by atomic mass is 10.0. The van der Waals surface area contributed by atoms with E-state index in [9.17, 15) is 4.79 Å². The zero-order valence-electron chi connectivity index (χ0n) is 8.97. The van der Waals surface area contributed by atoms with Gasteiger partial charge < -0.3 is 5.11 Å². The van der Waals surface area contributed by atoms with Crippen LogP contribution in [0, 0.1) is 0 Å². The summed E-state index contributed by atoms with van der Waals surface area (Å²) in [5, 5.41) is 8.61. The van der Waals surface area contributed by atoms with Crippen LogP contribution in [0.25, 0.3) is 0 Å². The molecule has 0 radical (unpaired) electrons. The number of hydrogen-bond donors (Lipinski definition) is 3. The lowest BCUT2D eigenvalue weighted by Gasteiger charge is -2.11. The summed E-state index contributed by atoms with van der Waals surface area (Å²) in [6, 6.07) is 0.283. The Bertz CT molecular complexity index is 379. The largest absolute Gasteiger partial charge is 0.481 e. The summed E-state index contributed by atoms with van der Waals surface area (Å²) >= 11 is 0. The van der Waals surface area contributed by atoms with Crippen molar-refractivity contribution in [3.8, 4) is 0 Å². The third-order valence-corrected chi connectivity index (χ3v) is 2.67. The van der Waals surface area contributed by atoms with Crippen LogP contribution in [-0.4, -0.2) is 33.6 Å². The molecule has 2 unspecified atom stereocenters. The molecule has 16 heavy (non-hydrogen) atoms. The van der Waals surface area contributed by atoms with Crippen molar-refractivity contribution < 1.29 is 9.90 Å². The fourth-order valence-corrected chi connectivity index (χ4v) is 1.74. The predicted octanol–water partition coefficient (Wildman–Crippen LogP) is -0.316. The lowest BCUT2D eigenvalue weighted by molar-refractivity contribution is -0.136. The maximum absolute atomic E-state index is 10.5. The Morgan fingerprint density at radius 2 is 2.25 bits per heavy atom. The van der Waals surface area contributed by atoms with Gasteiger partial charge in [0.1, 0.15) is 5.82 Å². The van der Waals surface area contributed by atoms with E-state index in [-0.39, 0.29) is 18.4 Å². The second-order valence-electron chi connectivity index (χ2n) is 3.94. The van der Waals surface area contributed by atoms with Crippen LogP contribution in [0.3, 0.4) is 0 Å². The topological polar surface area (TPSA) is 87.1 Å². The number of carboxylic acids is 1. The van der Waals surface area contributed by atoms with Crippen molar-refractivity contribution in [1.82, 2.24) is 20.8 Å². The highest BCUT2D eigenvalue weighted by Crippen LogP contribution is 2.17. The number of aromatic nitrogens is 2. The van der Waals surface area contributed by atoms with Gasteiger partial charge in [0.05, 0.1) is 6.42 Å². The molecule has 0 amide bonds. The van der Waals surface area contributed by atoms with Crippen LogP contribution in [0.2, 0.25) is 0 Å². The van der Waals surface area contributed by atoms with Crippen molar-refractivity contribution in [2.24, 2.45) is 0 Å². The number of hydrogen-bond acceptors (Lipinski definition) is 5. The maximum atomic E-state index is 10.5. The van der Waals surface area contributed by atoms with E-state index < -0.39 is 5.97 Å². The zero-order chi connectivity index (χ0) is 11.5. The molecule has 6 heteroatoms. The van der Waals surface area contributed by atoms with E-state index >= 15 is 0 Å². The molecule has 1 aromatic heterocycles. The van der Waals surface area contributed by atoms with Crippen LogP contribution in [0.4, 0.5) is 0 Å². The van der Waals surface area contributed by atoms with Crippen molar-refractivity contribution in [3.63, 3.8) is 0 Å². The highest BCUT2D eigenvalue weighted by atomic mass is 16.4. The van der Waals surface area contributed by atoms with E-state index in [0.717, 1.165) is 12.4 Å². The summed E-state index contributed by atoms with van der Waals surface area (Å²) in [6.07, 6.45) is 3.14. The van der Waals surface area contributed by atoms with Gasteiger partial charge in [0.25, 0.3) is 0 Å². The molecule has 2 rings (SSSR count). The van der Waals surface area contributed by atoms with Gasteiger partial charge in [0.15, 0.2) is 0 Å². The number of rotatable bonds is 3. The Labute approximate surface area is 93.1 Å². The molecule has 0 saturated carbocycles. The SMILES string of the molecule is CC1NNCC1c1ncc(CC(=O)O)cn1. The monoisotopic (exact) mass is 222 g/mol. The second kappa shape index (κ2) is 4.54. The first-order valence-electron chi connectivity index (χ1n) is 5.18. The highest BCUT2D eigenvalue weighted by molar-refractivity contribution is 5.69. The Kier molecular flexibility index (Phi) is 3.12. The molecule has 0 aliphatic carbocycles. The quantitative estimate of drug-likeness (QED) is 0.650. The normalized spacial score (nSPS) is 24.6. The van der Waals surface area contributed by atoms with Crippen LogP contribution in [-0.2, 0) is 11.2 Å². The first kappa shape index (κ1) is 11.0. The predicted molar refractivity (Wildman–Crippen MR) is 56.7 cm³/mol. The smallest absolute Gasteiger partial charge is 0.307 e. The van der Waals surface area contributed by atoms with Gasteiger partial charge in [0, 0.05) is 30.9 Å². The van der Waals surface area contributed by atoms with E-state index in [2.05, 4.69) is 27.7 Å². The van der Waals surface area contributed by atoms with E-state index in [1.165, 1.54) is 0 Å². The van der Waals surface area contributed by atoms with Gasteiger partial charge in [-0.1, -0.05) is 0 Å². The summed E-state index contributed by atoms with van der Waals surface area (Å²) in [7, 11) is 0. The Balaban J connectivity index is 2.09. The Morgan fingerprint density at radius 3 is 2.75 bits per heavy atom. The van der Waals surface area contributed by atoms with Crippen LogP contribution in [0.15, 0.2) is 12.4 Å². The summed E-state index contributed by atoms with van der Waals surface area (Å²) < 4.78 is 0. The van der Waals surface area contributed by atoms with E-state index in [1.807, 2.05) is 0 Å². The molecule has 0 spiro atoms. The number of nitrogens with zero attached hydrogens (tertiary/aromatic N) is 2. The second-order valence-corrected chi connectivity index (χ2v) is 3.94. The highest BCUT2D eigenvalue weighted by Gasteiger charge is 2.26. The van der Waals surface area contributed by atoms with Gasteiger partial charge in [-0.3, -0.25) is 15.6 Å². The number of carboxylic acid groups (broad SMARTS) is 1. The fraction of sp³-hybridized carbons (Fsp3) is 0.500. The van der Waals surface area contributed by atoms with Crippen molar-refractivity contribution in [2.75, 3.05) is 6.54 Å². The summed E-state index contributed by atoms with van der Waals surface area (Å²) in [5.41, 5.74) is 6.76. The minimum Gasteiger partial charge on any atom is -0.481 e.